The number of rotatable bonds is 5. The number of likely N-dealkylation sites (N-methyl/N-ethyl adjacent to an activating group) is 1. The first kappa shape index (κ1) is 16.7. The third-order valence-electron chi connectivity index (χ3n) is 4.92. The third-order valence-corrected chi connectivity index (χ3v) is 4.92. The lowest BCUT2D eigenvalue weighted by Crippen LogP contribution is -2.44. The SMILES string of the molecule is C[C@@H](/C=C/CCO)[C@]1(O)C(=O)N(C)c2ccc(N3CCC3=O)cc21. The van der Waals surface area contributed by atoms with Crippen LogP contribution in [0.25, 0.3) is 0 Å². The summed E-state index contributed by atoms with van der Waals surface area (Å²) in [4.78, 5) is 27.5. The monoisotopic (exact) mass is 330 g/mol. The van der Waals surface area contributed by atoms with E-state index in [2.05, 4.69) is 0 Å². The summed E-state index contributed by atoms with van der Waals surface area (Å²) in [6.07, 6.45) is 4.51. The lowest BCUT2D eigenvalue weighted by atomic mass is 9.82. The lowest BCUT2D eigenvalue weighted by molar-refractivity contribution is -0.139. The Balaban J connectivity index is 2.01. The molecule has 0 aromatic heterocycles. The van der Waals surface area contributed by atoms with Crippen LogP contribution < -0.4 is 9.80 Å². The molecule has 1 fully saturated rings. The molecule has 2 amide bonds. The van der Waals surface area contributed by atoms with E-state index in [1.54, 1.807) is 49.2 Å². The molecule has 24 heavy (non-hydrogen) atoms. The lowest BCUT2D eigenvalue weighted by Gasteiger charge is -2.32. The number of anilines is 2. The molecule has 0 radical (unpaired) electrons. The van der Waals surface area contributed by atoms with Crippen LogP contribution in [0.4, 0.5) is 11.4 Å². The van der Waals surface area contributed by atoms with Gasteiger partial charge in [-0.15, -0.1) is 0 Å². The van der Waals surface area contributed by atoms with Crippen LogP contribution >= 0.6 is 0 Å². The number of fused-ring (bicyclic) bond motifs is 1. The molecule has 0 aliphatic carbocycles. The van der Waals surface area contributed by atoms with Gasteiger partial charge in [-0.05, 0) is 24.6 Å². The predicted molar refractivity (Wildman–Crippen MR) is 90.7 cm³/mol. The van der Waals surface area contributed by atoms with Crippen molar-refractivity contribution in [2.45, 2.75) is 25.4 Å². The fourth-order valence-corrected chi connectivity index (χ4v) is 3.31. The summed E-state index contributed by atoms with van der Waals surface area (Å²) in [5, 5.41) is 20.1. The van der Waals surface area contributed by atoms with Gasteiger partial charge in [-0.1, -0.05) is 19.1 Å². The standard InChI is InChI=1S/C18H22N2O4/c1-12(5-3-4-10-21)18(24)14-11-13(20-9-8-16(20)22)6-7-15(14)19(2)17(18)23/h3,5-7,11-12,21,24H,4,8-10H2,1-2H3/b5-3+/t12-,18+/m0/s1. The summed E-state index contributed by atoms with van der Waals surface area (Å²) >= 11 is 0. The first-order valence-corrected chi connectivity index (χ1v) is 8.14. The molecular weight excluding hydrogens is 308 g/mol. The maximum Gasteiger partial charge on any atom is 0.264 e. The Bertz CT molecular complexity index is 715. The van der Waals surface area contributed by atoms with Crippen LogP contribution in [0.15, 0.2) is 30.4 Å². The molecule has 2 heterocycles. The number of hydrogen-bond acceptors (Lipinski definition) is 4. The minimum atomic E-state index is -1.67. The number of aliphatic hydroxyl groups is 2. The van der Waals surface area contributed by atoms with E-state index >= 15 is 0 Å². The van der Waals surface area contributed by atoms with Gasteiger partial charge in [0.15, 0.2) is 5.60 Å². The quantitative estimate of drug-likeness (QED) is 0.627. The second-order valence-corrected chi connectivity index (χ2v) is 6.36. The highest BCUT2D eigenvalue weighted by Crippen LogP contribution is 2.46. The fraction of sp³-hybridized carbons (Fsp3) is 0.444. The van der Waals surface area contributed by atoms with Gasteiger partial charge in [-0.2, -0.15) is 0 Å². The van der Waals surface area contributed by atoms with E-state index in [0.717, 1.165) is 0 Å². The van der Waals surface area contributed by atoms with E-state index in [4.69, 9.17) is 5.11 Å². The molecule has 0 unspecified atom stereocenters. The van der Waals surface area contributed by atoms with Gasteiger partial charge in [-0.3, -0.25) is 9.59 Å². The first-order chi connectivity index (χ1) is 11.4. The van der Waals surface area contributed by atoms with Crippen molar-refractivity contribution in [3.8, 4) is 0 Å². The summed E-state index contributed by atoms with van der Waals surface area (Å²) in [6, 6.07) is 5.32. The molecule has 1 saturated heterocycles. The van der Waals surface area contributed by atoms with Crippen LogP contribution in [0.2, 0.25) is 0 Å². The Morgan fingerprint density at radius 1 is 1.38 bits per heavy atom. The maximum absolute atomic E-state index is 12.7. The Kier molecular flexibility index (Phi) is 4.19. The summed E-state index contributed by atoms with van der Waals surface area (Å²) in [5.74, 6) is -0.791. The molecule has 1 aromatic rings. The molecule has 0 spiro atoms. The summed E-state index contributed by atoms with van der Waals surface area (Å²) in [5.41, 5.74) is 0.216. The van der Waals surface area contributed by atoms with Crippen molar-refractivity contribution < 1.29 is 19.8 Å². The van der Waals surface area contributed by atoms with Crippen LogP contribution in [0.5, 0.6) is 0 Å². The number of benzene rings is 1. The molecule has 2 aliphatic heterocycles. The number of hydrogen-bond donors (Lipinski definition) is 2. The molecule has 6 heteroatoms. The van der Waals surface area contributed by atoms with E-state index in [-0.39, 0.29) is 18.4 Å². The van der Waals surface area contributed by atoms with Crippen LogP contribution in [0.1, 0.15) is 25.3 Å². The third kappa shape index (κ3) is 2.34. The van der Waals surface area contributed by atoms with Gasteiger partial charge in [0.1, 0.15) is 0 Å². The predicted octanol–water partition coefficient (Wildman–Crippen LogP) is 1.16. The smallest absolute Gasteiger partial charge is 0.264 e. The number of carbonyl (C=O) groups is 2. The number of carbonyl (C=O) groups excluding carboxylic acids is 2. The average molecular weight is 330 g/mol. The van der Waals surface area contributed by atoms with Crippen molar-refractivity contribution in [2.24, 2.45) is 5.92 Å². The number of amides is 2. The van der Waals surface area contributed by atoms with Gasteiger partial charge in [-0.25, -0.2) is 0 Å². The Labute approximate surface area is 141 Å². The molecule has 1 aromatic carbocycles. The minimum Gasteiger partial charge on any atom is -0.396 e. The van der Waals surface area contributed by atoms with Gasteiger partial charge in [0.2, 0.25) is 5.91 Å². The van der Waals surface area contributed by atoms with Gasteiger partial charge >= 0.3 is 0 Å². The van der Waals surface area contributed by atoms with Crippen molar-refractivity contribution in [1.29, 1.82) is 0 Å². The fourth-order valence-electron chi connectivity index (χ4n) is 3.31. The van der Waals surface area contributed by atoms with Crippen molar-refractivity contribution in [2.75, 3.05) is 30.0 Å². The second kappa shape index (κ2) is 6.03. The number of nitrogens with zero attached hydrogens (tertiary/aromatic N) is 2. The van der Waals surface area contributed by atoms with Crippen molar-refractivity contribution in [3.05, 3.63) is 35.9 Å². The van der Waals surface area contributed by atoms with E-state index in [1.807, 2.05) is 0 Å². The Morgan fingerprint density at radius 2 is 2.12 bits per heavy atom. The number of β-lactam (4-membered cyclic amide) rings is 1. The van der Waals surface area contributed by atoms with Crippen LogP contribution in [0.3, 0.4) is 0 Å². The molecule has 0 bridgehead atoms. The molecule has 3 rings (SSSR count). The maximum atomic E-state index is 12.7. The van der Waals surface area contributed by atoms with E-state index in [0.29, 0.717) is 36.3 Å². The number of aliphatic hydroxyl groups excluding tert-OH is 1. The van der Waals surface area contributed by atoms with Crippen molar-refractivity contribution >= 4 is 23.2 Å². The van der Waals surface area contributed by atoms with Crippen LogP contribution in [0, 0.1) is 5.92 Å². The van der Waals surface area contributed by atoms with Gasteiger partial charge < -0.3 is 20.0 Å². The van der Waals surface area contributed by atoms with Crippen molar-refractivity contribution in [3.63, 3.8) is 0 Å². The first-order valence-electron chi connectivity index (χ1n) is 8.14. The van der Waals surface area contributed by atoms with Crippen LogP contribution in [-0.2, 0) is 15.2 Å². The molecule has 2 atom stereocenters. The highest BCUT2D eigenvalue weighted by Gasteiger charge is 2.51. The highest BCUT2D eigenvalue weighted by atomic mass is 16.3. The zero-order valence-corrected chi connectivity index (χ0v) is 13.9. The van der Waals surface area contributed by atoms with Crippen LogP contribution in [-0.4, -0.2) is 42.2 Å². The average Bonchev–Trinajstić information content (AvgIpc) is 2.76. The topological polar surface area (TPSA) is 81.1 Å². The Hall–Kier alpha value is -2.18. The van der Waals surface area contributed by atoms with Gasteiger partial charge in [0, 0.05) is 43.8 Å². The minimum absolute atomic E-state index is 0.0211. The molecule has 128 valence electrons. The van der Waals surface area contributed by atoms with Crippen molar-refractivity contribution in [1.82, 2.24) is 0 Å². The summed E-state index contributed by atoms with van der Waals surface area (Å²) in [6.45, 7) is 2.45. The second-order valence-electron chi connectivity index (χ2n) is 6.36. The zero-order chi connectivity index (χ0) is 17.5. The van der Waals surface area contributed by atoms with E-state index in [1.165, 1.54) is 4.90 Å². The van der Waals surface area contributed by atoms with Gasteiger partial charge in [0.25, 0.3) is 5.91 Å². The molecular formula is C18H22N2O4. The van der Waals surface area contributed by atoms with E-state index < -0.39 is 11.5 Å². The highest BCUT2D eigenvalue weighted by molar-refractivity contribution is 6.08. The zero-order valence-electron chi connectivity index (χ0n) is 13.9. The Morgan fingerprint density at radius 3 is 2.71 bits per heavy atom. The molecule has 2 aliphatic rings. The van der Waals surface area contributed by atoms with Gasteiger partial charge in [0.05, 0.1) is 5.69 Å². The molecule has 2 N–H and O–H groups in total. The largest absolute Gasteiger partial charge is 0.396 e. The summed E-state index contributed by atoms with van der Waals surface area (Å²) in [7, 11) is 1.64. The normalized spacial score (nSPS) is 24.5. The molecule has 6 nitrogen and oxygen atoms in total. The molecule has 0 saturated carbocycles. The summed E-state index contributed by atoms with van der Waals surface area (Å²) < 4.78 is 0. The van der Waals surface area contributed by atoms with E-state index in [9.17, 15) is 14.7 Å².